The molecule has 0 amide bonds. The lowest BCUT2D eigenvalue weighted by Crippen LogP contribution is -1.96. The molecule has 4 heteroatoms. The molecular weight excluding hydrogens is 254 g/mol. The number of aryl methyl sites for hydroxylation is 1. The molecule has 0 fully saturated rings. The van der Waals surface area contributed by atoms with Crippen molar-refractivity contribution in [1.82, 2.24) is 9.97 Å². The molecule has 0 saturated heterocycles. The van der Waals surface area contributed by atoms with Crippen LogP contribution in [0.3, 0.4) is 0 Å². The Bertz CT molecular complexity index is 697. The second-order valence-electron chi connectivity index (χ2n) is 4.36. The van der Waals surface area contributed by atoms with Gasteiger partial charge in [0.25, 0.3) is 0 Å². The highest BCUT2D eigenvalue weighted by Crippen LogP contribution is 2.30. The van der Waals surface area contributed by atoms with Crippen molar-refractivity contribution in [1.29, 1.82) is 0 Å². The molecule has 0 bridgehead atoms. The molecule has 0 atom stereocenters. The summed E-state index contributed by atoms with van der Waals surface area (Å²) in [7, 11) is 0. The van der Waals surface area contributed by atoms with Gasteiger partial charge in [-0.3, -0.25) is 4.98 Å². The van der Waals surface area contributed by atoms with Gasteiger partial charge in [-0.2, -0.15) is 0 Å². The first-order valence-electron chi connectivity index (χ1n) is 6.35. The Morgan fingerprint density at radius 1 is 1.26 bits per heavy atom. The average Bonchev–Trinajstić information content (AvgIpc) is 2.90. The topological polar surface area (TPSA) is 51.8 Å². The summed E-state index contributed by atoms with van der Waals surface area (Å²) in [6, 6.07) is 10.3. The van der Waals surface area contributed by atoms with Crippen LogP contribution in [0.25, 0.3) is 21.5 Å². The largest absolute Gasteiger partial charge is 0.326 e. The van der Waals surface area contributed by atoms with E-state index in [9.17, 15) is 0 Å². The summed E-state index contributed by atoms with van der Waals surface area (Å²) in [4.78, 5) is 10.2. The van der Waals surface area contributed by atoms with Crippen molar-refractivity contribution in [2.24, 2.45) is 5.73 Å². The van der Waals surface area contributed by atoms with Gasteiger partial charge in [-0.15, -0.1) is 11.3 Å². The summed E-state index contributed by atoms with van der Waals surface area (Å²) in [5.41, 5.74) is 9.04. The fourth-order valence-electron chi connectivity index (χ4n) is 2.15. The van der Waals surface area contributed by atoms with Gasteiger partial charge in [-0.05, 0) is 30.7 Å². The zero-order chi connectivity index (χ0) is 13.2. The van der Waals surface area contributed by atoms with E-state index in [1.54, 1.807) is 11.3 Å². The van der Waals surface area contributed by atoms with Gasteiger partial charge in [-0.1, -0.05) is 13.0 Å². The molecule has 3 rings (SSSR count). The molecule has 3 aromatic rings. The zero-order valence-electron chi connectivity index (χ0n) is 10.8. The van der Waals surface area contributed by atoms with Crippen molar-refractivity contribution in [3.05, 3.63) is 47.1 Å². The predicted octanol–water partition coefficient (Wildman–Crippen LogP) is 3.38. The third kappa shape index (κ3) is 2.25. The molecule has 2 N–H and O–H groups in total. The number of hydrogen-bond acceptors (Lipinski definition) is 4. The molecular formula is C15H15N3S. The molecule has 96 valence electrons. The highest BCUT2D eigenvalue weighted by atomic mass is 32.1. The van der Waals surface area contributed by atoms with E-state index < -0.39 is 0 Å². The smallest absolute Gasteiger partial charge is 0.123 e. The van der Waals surface area contributed by atoms with Gasteiger partial charge in [0.15, 0.2) is 0 Å². The Balaban J connectivity index is 2.10. The summed E-state index contributed by atoms with van der Waals surface area (Å²) in [5, 5.41) is 2.19. The average molecular weight is 269 g/mol. The number of hydrogen-bond donors (Lipinski definition) is 1. The zero-order valence-corrected chi connectivity index (χ0v) is 11.6. The highest BCUT2D eigenvalue weighted by molar-refractivity contribution is 7.15. The van der Waals surface area contributed by atoms with Gasteiger partial charge in [0.1, 0.15) is 5.01 Å². The standard InChI is InChI=1S/C15H15N3S/c1-2-12-14(9-16)19-15(18-12)11-5-6-13-10(8-11)4-3-7-17-13/h3-8H,2,9,16H2,1H3. The number of nitrogens with zero attached hydrogens (tertiary/aromatic N) is 2. The molecule has 2 aromatic heterocycles. The Morgan fingerprint density at radius 2 is 2.16 bits per heavy atom. The van der Waals surface area contributed by atoms with E-state index in [0.29, 0.717) is 6.54 Å². The summed E-state index contributed by atoms with van der Waals surface area (Å²) >= 11 is 1.69. The summed E-state index contributed by atoms with van der Waals surface area (Å²) < 4.78 is 0. The first-order chi connectivity index (χ1) is 9.31. The fourth-order valence-corrected chi connectivity index (χ4v) is 3.18. The third-order valence-electron chi connectivity index (χ3n) is 3.15. The van der Waals surface area contributed by atoms with Gasteiger partial charge in [0.05, 0.1) is 11.2 Å². The van der Waals surface area contributed by atoms with Crippen molar-refractivity contribution < 1.29 is 0 Å². The molecule has 19 heavy (non-hydrogen) atoms. The molecule has 0 spiro atoms. The van der Waals surface area contributed by atoms with Gasteiger partial charge in [0, 0.05) is 28.6 Å². The lowest BCUT2D eigenvalue weighted by Gasteiger charge is -1.99. The van der Waals surface area contributed by atoms with Crippen LogP contribution in [0.15, 0.2) is 36.5 Å². The van der Waals surface area contributed by atoms with Crippen LogP contribution in [0.1, 0.15) is 17.5 Å². The van der Waals surface area contributed by atoms with Crippen molar-refractivity contribution in [3.8, 4) is 10.6 Å². The van der Waals surface area contributed by atoms with Gasteiger partial charge >= 0.3 is 0 Å². The molecule has 0 unspecified atom stereocenters. The Hall–Kier alpha value is -1.78. The van der Waals surface area contributed by atoms with Crippen molar-refractivity contribution >= 4 is 22.2 Å². The van der Waals surface area contributed by atoms with Gasteiger partial charge in [0.2, 0.25) is 0 Å². The monoisotopic (exact) mass is 269 g/mol. The van der Waals surface area contributed by atoms with Crippen LogP contribution in [0.4, 0.5) is 0 Å². The molecule has 2 heterocycles. The SMILES string of the molecule is CCc1nc(-c2ccc3ncccc3c2)sc1CN. The number of thiazole rings is 1. The van der Waals surface area contributed by atoms with E-state index >= 15 is 0 Å². The fraction of sp³-hybridized carbons (Fsp3) is 0.200. The number of nitrogens with two attached hydrogens (primary N) is 1. The second kappa shape index (κ2) is 5.07. The Morgan fingerprint density at radius 3 is 2.89 bits per heavy atom. The third-order valence-corrected chi connectivity index (χ3v) is 4.32. The molecule has 1 aromatic carbocycles. The number of rotatable bonds is 3. The molecule has 0 aliphatic carbocycles. The van der Waals surface area contributed by atoms with E-state index in [-0.39, 0.29) is 0 Å². The molecule has 0 aliphatic rings. The predicted molar refractivity (Wildman–Crippen MR) is 80.1 cm³/mol. The number of benzene rings is 1. The second-order valence-corrected chi connectivity index (χ2v) is 5.44. The van der Waals surface area contributed by atoms with Crippen molar-refractivity contribution in [3.63, 3.8) is 0 Å². The molecule has 3 nitrogen and oxygen atoms in total. The minimum atomic E-state index is 0.565. The molecule has 0 saturated carbocycles. The van der Waals surface area contributed by atoms with Crippen LogP contribution in [0, 0.1) is 0 Å². The Kier molecular flexibility index (Phi) is 3.27. The number of pyridine rings is 1. The molecule has 0 radical (unpaired) electrons. The minimum absolute atomic E-state index is 0.565. The summed E-state index contributed by atoms with van der Waals surface area (Å²) in [6.07, 6.45) is 2.74. The highest BCUT2D eigenvalue weighted by Gasteiger charge is 2.10. The summed E-state index contributed by atoms with van der Waals surface area (Å²) in [5.74, 6) is 0. The minimum Gasteiger partial charge on any atom is -0.326 e. The van der Waals surface area contributed by atoms with Crippen LogP contribution in [0.2, 0.25) is 0 Å². The van der Waals surface area contributed by atoms with E-state index in [1.807, 2.05) is 18.3 Å². The van der Waals surface area contributed by atoms with E-state index in [4.69, 9.17) is 10.7 Å². The maximum Gasteiger partial charge on any atom is 0.123 e. The van der Waals surface area contributed by atoms with Gasteiger partial charge < -0.3 is 5.73 Å². The molecule has 0 aliphatic heterocycles. The lowest BCUT2D eigenvalue weighted by molar-refractivity contribution is 0.989. The normalized spacial score (nSPS) is 11.1. The first-order valence-corrected chi connectivity index (χ1v) is 7.17. The van der Waals surface area contributed by atoms with E-state index in [1.165, 1.54) is 4.88 Å². The first kappa shape index (κ1) is 12.3. The van der Waals surface area contributed by atoms with Crippen LogP contribution in [-0.2, 0) is 13.0 Å². The Labute approximate surface area is 116 Å². The van der Waals surface area contributed by atoms with E-state index in [0.717, 1.165) is 33.6 Å². The quantitative estimate of drug-likeness (QED) is 0.793. The summed E-state index contributed by atoms with van der Waals surface area (Å²) in [6.45, 7) is 2.68. The maximum atomic E-state index is 5.77. The van der Waals surface area contributed by atoms with Crippen molar-refractivity contribution in [2.45, 2.75) is 19.9 Å². The van der Waals surface area contributed by atoms with Crippen LogP contribution in [0.5, 0.6) is 0 Å². The maximum absolute atomic E-state index is 5.77. The van der Waals surface area contributed by atoms with E-state index in [2.05, 4.69) is 30.1 Å². The van der Waals surface area contributed by atoms with Crippen molar-refractivity contribution in [2.75, 3.05) is 0 Å². The number of aromatic nitrogens is 2. The van der Waals surface area contributed by atoms with Gasteiger partial charge in [-0.25, -0.2) is 4.98 Å². The van der Waals surface area contributed by atoms with Crippen LogP contribution >= 0.6 is 11.3 Å². The van der Waals surface area contributed by atoms with Crippen LogP contribution in [-0.4, -0.2) is 9.97 Å². The van der Waals surface area contributed by atoms with Crippen LogP contribution < -0.4 is 5.73 Å². The lowest BCUT2D eigenvalue weighted by atomic mass is 10.1. The number of fused-ring (bicyclic) bond motifs is 1.